The Labute approximate surface area is 152 Å². The summed E-state index contributed by atoms with van der Waals surface area (Å²) in [4.78, 5) is 24.2. The molecular weight excluding hydrogens is 332 g/mol. The van der Waals surface area contributed by atoms with Crippen LogP contribution < -0.4 is 15.4 Å². The third-order valence-corrected chi connectivity index (χ3v) is 3.46. The average molecular weight is 354 g/mol. The van der Waals surface area contributed by atoms with Crippen molar-refractivity contribution in [1.29, 1.82) is 0 Å². The molecule has 0 aliphatic carbocycles. The number of para-hydroxylation sites is 2. The summed E-state index contributed by atoms with van der Waals surface area (Å²) >= 11 is 0. The number of hydrogen-bond acceptors (Lipinski definition) is 5. The Morgan fingerprint density at radius 1 is 1.04 bits per heavy atom. The smallest absolute Gasteiger partial charge is 0.332 e. The number of nitrogens with one attached hydrogen (secondary N) is 2. The van der Waals surface area contributed by atoms with Crippen molar-refractivity contribution in [2.75, 3.05) is 19.0 Å². The Kier molecular flexibility index (Phi) is 7.24. The third-order valence-electron chi connectivity index (χ3n) is 3.46. The molecule has 0 unspecified atom stereocenters. The van der Waals surface area contributed by atoms with Gasteiger partial charge in [-0.05, 0) is 24.6 Å². The van der Waals surface area contributed by atoms with Crippen molar-refractivity contribution in [3.8, 4) is 5.75 Å². The van der Waals surface area contributed by atoms with E-state index in [2.05, 4.69) is 15.4 Å². The molecule has 0 aliphatic rings. The molecular formula is C20H22N2O4. The molecule has 0 spiro atoms. The van der Waals surface area contributed by atoms with Crippen LogP contribution in [0, 0.1) is 0 Å². The van der Waals surface area contributed by atoms with Crippen molar-refractivity contribution < 1.29 is 19.1 Å². The van der Waals surface area contributed by atoms with Crippen LogP contribution in [0.4, 0.5) is 5.69 Å². The molecule has 0 atom stereocenters. The summed E-state index contributed by atoms with van der Waals surface area (Å²) in [5.41, 5.74) is 1.60. The van der Waals surface area contributed by atoms with Crippen molar-refractivity contribution in [1.82, 2.24) is 5.32 Å². The van der Waals surface area contributed by atoms with Gasteiger partial charge in [0.05, 0.1) is 25.5 Å². The average Bonchev–Trinajstić information content (AvgIpc) is 2.68. The lowest BCUT2D eigenvalue weighted by atomic mass is 10.2. The lowest BCUT2D eigenvalue weighted by Crippen LogP contribution is -2.28. The number of anilines is 1. The van der Waals surface area contributed by atoms with E-state index in [0.29, 0.717) is 24.6 Å². The quantitative estimate of drug-likeness (QED) is 0.563. The number of benzene rings is 2. The van der Waals surface area contributed by atoms with Gasteiger partial charge >= 0.3 is 5.97 Å². The van der Waals surface area contributed by atoms with Crippen molar-refractivity contribution in [2.45, 2.75) is 13.5 Å². The molecule has 2 rings (SSSR count). The van der Waals surface area contributed by atoms with Gasteiger partial charge in [-0.1, -0.05) is 42.5 Å². The lowest BCUT2D eigenvalue weighted by molar-refractivity contribution is -0.135. The van der Waals surface area contributed by atoms with Gasteiger partial charge in [0.15, 0.2) is 0 Å². The molecule has 0 aliphatic heterocycles. The molecule has 2 aromatic carbocycles. The number of hydrogen-bond donors (Lipinski definition) is 2. The van der Waals surface area contributed by atoms with Gasteiger partial charge in [-0.2, -0.15) is 0 Å². The molecule has 0 saturated carbocycles. The first-order valence-corrected chi connectivity index (χ1v) is 8.24. The summed E-state index contributed by atoms with van der Waals surface area (Å²) in [6.45, 7) is 2.69. The molecule has 2 N–H and O–H groups in total. The zero-order chi connectivity index (χ0) is 18.8. The Hall–Kier alpha value is -3.28. The van der Waals surface area contributed by atoms with Gasteiger partial charge in [0.2, 0.25) is 0 Å². The van der Waals surface area contributed by atoms with Gasteiger partial charge in [0.1, 0.15) is 11.4 Å². The van der Waals surface area contributed by atoms with Crippen molar-refractivity contribution in [2.24, 2.45) is 0 Å². The predicted molar refractivity (Wildman–Crippen MR) is 99.6 cm³/mol. The van der Waals surface area contributed by atoms with Crippen molar-refractivity contribution in [3.63, 3.8) is 0 Å². The topological polar surface area (TPSA) is 76.7 Å². The molecule has 0 fully saturated rings. The first-order valence-electron chi connectivity index (χ1n) is 8.24. The molecule has 0 heterocycles. The summed E-state index contributed by atoms with van der Waals surface area (Å²) in [7, 11) is 1.26. The normalized spacial score (nSPS) is 10.8. The Balaban J connectivity index is 2.17. The molecule has 26 heavy (non-hydrogen) atoms. The van der Waals surface area contributed by atoms with Crippen LogP contribution in [0.25, 0.3) is 0 Å². The van der Waals surface area contributed by atoms with Gasteiger partial charge in [-0.3, -0.25) is 4.79 Å². The van der Waals surface area contributed by atoms with Crippen LogP contribution in [0.3, 0.4) is 0 Å². The fraction of sp³-hybridized carbons (Fsp3) is 0.200. The van der Waals surface area contributed by atoms with Crippen LogP contribution >= 0.6 is 0 Å². The first-order chi connectivity index (χ1) is 12.6. The van der Waals surface area contributed by atoms with E-state index in [0.717, 1.165) is 11.6 Å². The van der Waals surface area contributed by atoms with Crippen LogP contribution in [0.2, 0.25) is 0 Å². The SMILES string of the molecule is CCOc1ccccc1N/C(=C\C(=O)OC)C(=O)NCc1ccccc1. The van der Waals surface area contributed by atoms with Crippen molar-refractivity contribution >= 4 is 17.6 Å². The second-order valence-corrected chi connectivity index (χ2v) is 5.30. The van der Waals surface area contributed by atoms with Gasteiger partial charge < -0.3 is 20.1 Å². The molecule has 1 amide bonds. The first kappa shape index (κ1) is 19.1. The minimum absolute atomic E-state index is 0.0694. The maximum Gasteiger partial charge on any atom is 0.332 e. The second-order valence-electron chi connectivity index (χ2n) is 5.30. The van der Waals surface area contributed by atoms with Crippen LogP contribution in [0.5, 0.6) is 5.75 Å². The number of amides is 1. The number of methoxy groups -OCH3 is 1. The van der Waals surface area contributed by atoms with Crippen molar-refractivity contribution in [3.05, 3.63) is 71.9 Å². The van der Waals surface area contributed by atoms with E-state index < -0.39 is 11.9 Å². The number of ether oxygens (including phenoxy) is 2. The van der Waals surface area contributed by atoms with E-state index in [1.165, 1.54) is 7.11 Å². The molecule has 136 valence electrons. The van der Waals surface area contributed by atoms with E-state index in [1.807, 2.05) is 49.4 Å². The fourth-order valence-electron chi connectivity index (χ4n) is 2.20. The number of rotatable bonds is 8. The molecule has 2 aromatic rings. The maximum absolute atomic E-state index is 12.6. The highest BCUT2D eigenvalue weighted by atomic mass is 16.5. The fourth-order valence-corrected chi connectivity index (χ4v) is 2.20. The number of carbonyl (C=O) groups excluding carboxylic acids is 2. The summed E-state index contributed by atoms with van der Waals surface area (Å²) < 4.78 is 10.2. The van der Waals surface area contributed by atoms with Gasteiger partial charge in [-0.25, -0.2) is 4.79 Å². The zero-order valence-corrected chi connectivity index (χ0v) is 14.8. The molecule has 0 saturated heterocycles. The monoisotopic (exact) mass is 354 g/mol. The van der Waals surface area contributed by atoms with E-state index in [-0.39, 0.29) is 5.70 Å². The van der Waals surface area contributed by atoms with E-state index >= 15 is 0 Å². The Morgan fingerprint density at radius 3 is 2.42 bits per heavy atom. The summed E-state index contributed by atoms with van der Waals surface area (Å²) in [6, 6.07) is 16.7. The highest BCUT2D eigenvalue weighted by Crippen LogP contribution is 2.25. The van der Waals surface area contributed by atoms with Crippen LogP contribution in [-0.2, 0) is 20.9 Å². The van der Waals surface area contributed by atoms with E-state index in [1.54, 1.807) is 12.1 Å². The Morgan fingerprint density at radius 2 is 1.73 bits per heavy atom. The summed E-state index contributed by atoms with van der Waals surface area (Å²) in [5.74, 6) is -0.469. The molecule has 0 bridgehead atoms. The number of esters is 1. The van der Waals surface area contributed by atoms with Gasteiger partial charge in [-0.15, -0.1) is 0 Å². The highest BCUT2D eigenvalue weighted by Gasteiger charge is 2.14. The lowest BCUT2D eigenvalue weighted by Gasteiger charge is -2.15. The summed E-state index contributed by atoms with van der Waals surface area (Å²) in [5, 5.41) is 5.74. The highest BCUT2D eigenvalue weighted by molar-refractivity contribution is 6.02. The summed E-state index contributed by atoms with van der Waals surface area (Å²) in [6.07, 6.45) is 1.11. The molecule has 6 heteroatoms. The molecule has 0 aromatic heterocycles. The van der Waals surface area contributed by atoms with E-state index in [9.17, 15) is 9.59 Å². The molecule has 6 nitrogen and oxygen atoms in total. The van der Waals surface area contributed by atoms with Gasteiger partial charge in [0.25, 0.3) is 5.91 Å². The standard InChI is InChI=1S/C20H22N2O4/c1-3-26-18-12-8-7-11-16(18)22-17(13-19(23)25-2)20(24)21-14-15-9-5-4-6-10-15/h4-13,22H,3,14H2,1-2H3,(H,21,24)/b17-13-. The van der Waals surface area contributed by atoms with E-state index in [4.69, 9.17) is 4.74 Å². The van der Waals surface area contributed by atoms with Crippen LogP contribution in [-0.4, -0.2) is 25.6 Å². The van der Waals surface area contributed by atoms with Gasteiger partial charge in [0, 0.05) is 6.54 Å². The minimum Gasteiger partial charge on any atom is -0.492 e. The minimum atomic E-state index is -0.628. The maximum atomic E-state index is 12.6. The Bertz CT molecular complexity index is 772. The zero-order valence-electron chi connectivity index (χ0n) is 14.8. The number of carbonyl (C=O) groups is 2. The largest absolute Gasteiger partial charge is 0.492 e. The molecule has 0 radical (unpaired) electrons. The van der Waals surface area contributed by atoms with Crippen LogP contribution in [0.1, 0.15) is 12.5 Å². The van der Waals surface area contributed by atoms with Crippen LogP contribution in [0.15, 0.2) is 66.4 Å². The third kappa shape index (κ3) is 5.66. The second kappa shape index (κ2) is 9.88. The predicted octanol–water partition coefficient (Wildman–Crippen LogP) is 2.87.